The molecule has 34 heavy (non-hydrogen) atoms. The van der Waals surface area contributed by atoms with Crippen LogP contribution >= 0.6 is 15.6 Å². The zero-order valence-corrected chi connectivity index (χ0v) is 21.1. The highest BCUT2D eigenvalue weighted by Gasteiger charge is 2.42. The molecular weight excluding hydrogens is 490 g/mol. The van der Waals surface area contributed by atoms with Gasteiger partial charge in [-0.15, -0.1) is 0 Å². The first-order valence-corrected chi connectivity index (χ1v) is 13.1. The van der Waals surface area contributed by atoms with Crippen LogP contribution in [0.2, 0.25) is 0 Å². The highest BCUT2D eigenvalue weighted by Crippen LogP contribution is 2.53. The molecule has 0 saturated heterocycles. The van der Waals surface area contributed by atoms with Gasteiger partial charge in [0.05, 0.1) is 25.2 Å². The van der Waals surface area contributed by atoms with E-state index in [4.69, 9.17) is 24.3 Å². The molecular formula is C21H32O11P2. The predicted octanol–water partition coefficient (Wildman–Crippen LogP) is 2.19. The molecule has 0 heterocycles. The van der Waals surface area contributed by atoms with Gasteiger partial charge < -0.3 is 39.6 Å². The number of aliphatic hydroxyl groups is 3. The normalized spacial score (nSPS) is 13.1. The Labute approximate surface area is 198 Å². The van der Waals surface area contributed by atoms with E-state index < -0.39 is 27.2 Å². The number of phosphoric acid groups is 2. The lowest BCUT2D eigenvalue weighted by molar-refractivity contribution is -0.0750. The van der Waals surface area contributed by atoms with Crippen molar-refractivity contribution in [2.24, 2.45) is 5.41 Å². The Kier molecular flexibility index (Phi) is 11.1. The summed E-state index contributed by atoms with van der Waals surface area (Å²) >= 11 is 0. The van der Waals surface area contributed by atoms with Gasteiger partial charge in [0.25, 0.3) is 0 Å². The fraction of sp³-hybridized carbons (Fsp3) is 0.429. The van der Waals surface area contributed by atoms with Crippen LogP contribution in [0.15, 0.2) is 36.4 Å². The number of aryl methyl sites for hydroxylation is 4. The number of rotatable bonds is 9. The zero-order chi connectivity index (χ0) is 26.3. The standard InChI is InChI=1S/C21H28O4.H4O7P2/c1-14-7-5-8-15(2)18(14)20(21(11-22,12-23)13-24)25-19-16(3)9-6-10-17(19)4;1-8(2,3)7-9(4,5)6/h5-10,20,22-24H,11-13H2,1-4H3;(H2,1,2,3)(H2,4,5,6). The van der Waals surface area contributed by atoms with E-state index in [1.807, 2.05) is 64.1 Å². The van der Waals surface area contributed by atoms with Gasteiger partial charge in [-0.2, -0.15) is 4.31 Å². The average Bonchev–Trinajstić information content (AvgIpc) is 2.69. The molecule has 0 radical (unpaired) electrons. The van der Waals surface area contributed by atoms with Gasteiger partial charge in [0, 0.05) is 0 Å². The summed E-state index contributed by atoms with van der Waals surface area (Å²) in [5.74, 6) is 0.717. The van der Waals surface area contributed by atoms with E-state index in [1.54, 1.807) is 0 Å². The Morgan fingerprint density at radius 3 is 1.38 bits per heavy atom. The van der Waals surface area contributed by atoms with Gasteiger partial charge in [-0.05, 0) is 55.5 Å². The summed E-state index contributed by atoms with van der Waals surface area (Å²) in [6.07, 6.45) is -0.673. The van der Waals surface area contributed by atoms with Gasteiger partial charge >= 0.3 is 15.6 Å². The van der Waals surface area contributed by atoms with Crippen LogP contribution in [0.5, 0.6) is 5.75 Å². The minimum absolute atomic E-state index is 0.386. The SMILES string of the molecule is Cc1cccc(C)c1OC(c1c(C)cccc1C)C(CO)(CO)CO.O=P(O)(O)OP(=O)(O)O. The topological polar surface area (TPSA) is 194 Å². The maximum absolute atomic E-state index is 10.0. The first-order chi connectivity index (χ1) is 15.6. The third kappa shape index (κ3) is 8.55. The van der Waals surface area contributed by atoms with Crippen molar-refractivity contribution in [3.05, 3.63) is 64.2 Å². The molecule has 1 atom stereocenters. The van der Waals surface area contributed by atoms with Crippen molar-refractivity contribution in [1.29, 1.82) is 0 Å². The molecule has 0 fully saturated rings. The number of benzene rings is 2. The van der Waals surface area contributed by atoms with E-state index >= 15 is 0 Å². The predicted molar refractivity (Wildman–Crippen MR) is 124 cm³/mol. The van der Waals surface area contributed by atoms with Crippen LogP contribution in [0, 0.1) is 33.1 Å². The molecule has 0 bridgehead atoms. The Morgan fingerprint density at radius 1 is 0.735 bits per heavy atom. The Morgan fingerprint density at radius 2 is 1.09 bits per heavy atom. The molecule has 2 aromatic carbocycles. The van der Waals surface area contributed by atoms with Crippen molar-refractivity contribution >= 4 is 15.6 Å². The zero-order valence-electron chi connectivity index (χ0n) is 19.3. The molecule has 13 heteroatoms. The quantitative estimate of drug-likeness (QED) is 0.239. The number of para-hydroxylation sites is 1. The molecule has 2 rings (SSSR count). The van der Waals surface area contributed by atoms with Gasteiger partial charge in [0.1, 0.15) is 11.9 Å². The van der Waals surface area contributed by atoms with Crippen molar-refractivity contribution < 1.29 is 53.1 Å². The van der Waals surface area contributed by atoms with E-state index in [-0.39, 0.29) is 19.8 Å². The summed E-state index contributed by atoms with van der Waals surface area (Å²) in [5.41, 5.74) is 3.64. The first kappa shape index (κ1) is 30.4. The molecule has 0 saturated carbocycles. The molecule has 11 nitrogen and oxygen atoms in total. The van der Waals surface area contributed by atoms with E-state index in [1.165, 1.54) is 0 Å². The third-order valence-corrected chi connectivity index (χ3v) is 6.86. The smallest absolute Gasteiger partial charge is 0.478 e. The summed E-state index contributed by atoms with van der Waals surface area (Å²) in [6, 6.07) is 11.8. The molecule has 192 valence electrons. The Hall–Kier alpha value is -1.62. The van der Waals surface area contributed by atoms with Crippen LogP contribution in [0.25, 0.3) is 0 Å². The minimum atomic E-state index is -5.05. The van der Waals surface area contributed by atoms with Crippen LogP contribution in [0.3, 0.4) is 0 Å². The lowest BCUT2D eigenvalue weighted by Gasteiger charge is -2.38. The van der Waals surface area contributed by atoms with Crippen molar-refractivity contribution in [3.8, 4) is 5.75 Å². The molecule has 7 N–H and O–H groups in total. The van der Waals surface area contributed by atoms with Gasteiger partial charge in [0.2, 0.25) is 0 Å². The van der Waals surface area contributed by atoms with Gasteiger partial charge in [-0.1, -0.05) is 36.4 Å². The second kappa shape index (κ2) is 12.4. The van der Waals surface area contributed by atoms with Crippen LogP contribution < -0.4 is 4.74 Å². The fourth-order valence-corrected chi connectivity index (χ4v) is 4.48. The van der Waals surface area contributed by atoms with Crippen molar-refractivity contribution in [1.82, 2.24) is 0 Å². The maximum Gasteiger partial charge on any atom is 0.478 e. The van der Waals surface area contributed by atoms with Crippen LogP contribution in [0.1, 0.15) is 33.9 Å². The van der Waals surface area contributed by atoms with Crippen LogP contribution in [-0.2, 0) is 13.4 Å². The number of aliphatic hydroxyl groups excluding tert-OH is 3. The summed E-state index contributed by atoms with van der Waals surface area (Å²) in [5, 5.41) is 30.0. The van der Waals surface area contributed by atoms with Gasteiger partial charge in [0.15, 0.2) is 0 Å². The second-order valence-electron chi connectivity index (χ2n) is 7.92. The van der Waals surface area contributed by atoms with Gasteiger partial charge in [-0.3, -0.25) is 0 Å². The monoisotopic (exact) mass is 522 g/mol. The maximum atomic E-state index is 10.0. The molecule has 0 amide bonds. The molecule has 0 aliphatic heterocycles. The third-order valence-electron chi connectivity index (χ3n) is 5.16. The lowest BCUT2D eigenvalue weighted by atomic mass is 9.78. The largest absolute Gasteiger partial charge is 0.484 e. The Balaban J connectivity index is 0.000000546. The molecule has 0 spiro atoms. The minimum Gasteiger partial charge on any atom is -0.484 e. The lowest BCUT2D eigenvalue weighted by Crippen LogP contribution is -2.43. The summed E-state index contributed by atoms with van der Waals surface area (Å²) in [6.45, 7) is 6.71. The molecule has 0 aliphatic carbocycles. The molecule has 1 unspecified atom stereocenters. The highest BCUT2D eigenvalue weighted by molar-refractivity contribution is 7.60. The van der Waals surface area contributed by atoms with Crippen molar-refractivity contribution in [2.75, 3.05) is 19.8 Å². The van der Waals surface area contributed by atoms with E-state index in [0.717, 1.165) is 33.6 Å². The van der Waals surface area contributed by atoms with Gasteiger partial charge in [-0.25, -0.2) is 9.13 Å². The van der Waals surface area contributed by atoms with Crippen LogP contribution in [0.4, 0.5) is 0 Å². The second-order valence-corrected chi connectivity index (χ2v) is 10.5. The Bertz CT molecular complexity index is 972. The number of ether oxygens (including phenoxy) is 1. The molecule has 0 aliphatic rings. The first-order valence-electron chi connectivity index (χ1n) is 10.0. The fourth-order valence-electron chi connectivity index (χ4n) is 3.37. The van der Waals surface area contributed by atoms with E-state index in [9.17, 15) is 24.4 Å². The van der Waals surface area contributed by atoms with E-state index in [0.29, 0.717) is 0 Å². The molecule has 0 aromatic heterocycles. The highest BCUT2D eigenvalue weighted by atomic mass is 31.3. The summed E-state index contributed by atoms with van der Waals surface area (Å²) in [4.78, 5) is 31.0. The average molecular weight is 522 g/mol. The number of hydrogen-bond acceptors (Lipinski definition) is 7. The summed E-state index contributed by atoms with van der Waals surface area (Å²) in [7, 11) is -10.1. The van der Waals surface area contributed by atoms with Crippen LogP contribution in [-0.4, -0.2) is 54.7 Å². The number of hydrogen-bond donors (Lipinski definition) is 7. The van der Waals surface area contributed by atoms with Crippen molar-refractivity contribution in [3.63, 3.8) is 0 Å². The summed E-state index contributed by atoms with van der Waals surface area (Å²) < 4.78 is 28.6. The van der Waals surface area contributed by atoms with Crippen molar-refractivity contribution in [2.45, 2.75) is 33.8 Å². The van der Waals surface area contributed by atoms with E-state index in [2.05, 4.69) is 4.31 Å². The molecule has 2 aromatic rings.